The summed E-state index contributed by atoms with van der Waals surface area (Å²) in [7, 11) is 0. The maximum Gasteiger partial charge on any atom is 0.258 e. The Hall–Kier alpha value is -2.56. The van der Waals surface area contributed by atoms with E-state index in [-0.39, 0.29) is 5.91 Å². The first kappa shape index (κ1) is 13.4. The summed E-state index contributed by atoms with van der Waals surface area (Å²) < 4.78 is 5.11. The van der Waals surface area contributed by atoms with Gasteiger partial charge in [0.15, 0.2) is 0 Å². The molecule has 0 saturated carbocycles. The van der Waals surface area contributed by atoms with E-state index >= 15 is 0 Å². The van der Waals surface area contributed by atoms with Crippen LogP contribution in [0.15, 0.2) is 22.7 Å². The number of rotatable bonds is 2. The van der Waals surface area contributed by atoms with Crippen molar-refractivity contribution in [2.24, 2.45) is 0 Å². The van der Waals surface area contributed by atoms with Crippen molar-refractivity contribution in [2.45, 2.75) is 27.7 Å². The molecule has 3 rings (SSSR count). The fourth-order valence-electron chi connectivity index (χ4n) is 2.31. The van der Waals surface area contributed by atoms with Gasteiger partial charge in [0.25, 0.3) is 5.91 Å². The quantitative estimate of drug-likeness (QED) is 0.754. The summed E-state index contributed by atoms with van der Waals surface area (Å²) in [6.07, 6.45) is 0. The molecule has 2 N–H and O–H groups in total. The Kier molecular flexibility index (Phi) is 3.05. The van der Waals surface area contributed by atoms with Gasteiger partial charge < -0.3 is 9.51 Å². The number of aryl methyl sites for hydroxylation is 3. The van der Waals surface area contributed by atoms with Gasteiger partial charge >= 0.3 is 0 Å². The van der Waals surface area contributed by atoms with Crippen molar-refractivity contribution in [3.63, 3.8) is 0 Å². The van der Waals surface area contributed by atoms with E-state index < -0.39 is 0 Å². The second-order valence-corrected chi connectivity index (χ2v) is 5.31. The average molecular weight is 283 g/mol. The van der Waals surface area contributed by atoms with Crippen LogP contribution in [-0.4, -0.2) is 16.0 Å². The van der Waals surface area contributed by atoms with Crippen LogP contribution < -0.4 is 5.32 Å². The number of anilines is 1. The highest BCUT2D eigenvalue weighted by molar-refractivity contribution is 6.06. The summed E-state index contributed by atoms with van der Waals surface area (Å²) >= 11 is 0. The van der Waals surface area contributed by atoms with Crippen LogP contribution >= 0.6 is 0 Å². The number of H-pyrrole nitrogens is 1. The summed E-state index contributed by atoms with van der Waals surface area (Å²) in [5.74, 6) is 0.203. The van der Waals surface area contributed by atoms with Crippen molar-refractivity contribution in [3.05, 3.63) is 46.3 Å². The van der Waals surface area contributed by atoms with E-state index in [1.807, 2.05) is 39.8 Å². The Labute approximate surface area is 122 Å². The van der Waals surface area contributed by atoms with Gasteiger partial charge in [-0.1, -0.05) is 5.16 Å². The van der Waals surface area contributed by atoms with Gasteiger partial charge in [0.1, 0.15) is 0 Å². The summed E-state index contributed by atoms with van der Waals surface area (Å²) in [6.45, 7) is 7.77. The first-order chi connectivity index (χ1) is 9.97. The first-order valence-electron chi connectivity index (χ1n) is 6.80. The molecule has 108 valence electrons. The molecular weight excluding hydrogens is 266 g/mol. The first-order valence-corrected chi connectivity index (χ1v) is 6.80. The molecule has 0 atom stereocenters. The number of benzene rings is 1. The number of hydrogen-bond acceptors (Lipinski definition) is 3. The van der Waals surface area contributed by atoms with E-state index in [4.69, 9.17) is 4.52 Å². The lowest BCUT2D eigenvalue weighted by Gasteiger charge is -2.03. The molecule has 0 spiro atoms. The third-order valence-electron chi connectivity index (χ3n) is 3.95. The predicted octanol–water partition coefficient (Wildman–Crippen LogP) is 3.64. The molecule has 0 unspecified atom stereocenters. The Bertz CT molecular complexity index is 843. The zero-order chi connectivity index (χ0) is 15.1. The monoisotopic (exact) mass is 283 g/mol. The van der Waals surface area contributed by atoms with E-state index in [1.165, 1.54) is 0 Å². The van der Waals surface area contributed by atoms with Gasteiger partial charge in [-0.25, -0.2) is 0 Å². The SMILES string of the molecule is Cc1noc(NC(=O)c2ccc3[nH]c(C)c(C)c3c2)c1C. The minimum absolute atomic E-state index is 0.200. The fourth-order valence-corrected chi connectivity index (χ4v) is 2.31. The highest BCUT2D eigenvalue weighted by Gasteiger charge is 2.14. The molecule has 0 bridgehead atoms. The van der Waals surface area contributed by atoms with Crippen LogP contribution in [0.1, 0.15) is 32.9 Å². The largest absolute Gasteiger partial charge is 0.358 e. The van der Waals surface area contributed by atoms with Gasteiger partial charge in [0.05, 0.1) is 5.69 Å². The molecule has 5 heteroatoms. The molecule has 1 amide bonds. The molecule has 0 saturated heterocycles. The molecule has 0 aliphatic heterocycles. The minimum atomic E-state index is -0.200. The predicted molar refractivity (Wildman–Crippen MR) is 81.7 cm³/mol. The van der Waals surface area contributed by atoms with E-state index in [9.17, 15) is 4.79 Å². The third kappa shape index (κ3) is 2.20. The van der Waals surface area contributed by atoms with E-state index in [2.05, 4.69) is 15.5 Å². The number of amides is 1. The fraction of sp³-hybridized carbons (Fsp3) is 0.250. The standard InChI is InChI=1S/C16H17N3O2/c1-8-10(3)17-14-6-5-12(7-13(8)14)15(20)18-16-9(2)11(4)19-21-16/h5-7,17H,1-4H3,(H,18,20). The Morgan fingerprint density at radius 1 is 1.19 bits per heavy atom. The zero-order valence-corrected chi connectivity index (χ0v) is 12.5. The molecular formula is C16H17N3O2. The number of aromatic nitrogens is 2. The molecule has 3 aromatic rings. The van der Waals surface area contributed by atoms with Crippen molar-refractivity contribution >= 4 is 22.7 Å². The van der Waals surface area contributed by atoms with Crippen LogP contribution in [0.5, 0.6) is 0 Å². The second kappa shape index (κ2) is 4.77. The lowest BCUT2D eigenvalue weighted by molar-refractivity contribution is 0.102. The molecule has 0 aliphatic carbocycles. The molecule has 0 fully saturated rings. The topological polar surface area (TPSA) is 70.9 Å². The minimum Gasteiger partial charge on any atom is -0.358 e. The van der Waals surface area contributed by atoms with E-state index in [0.717, 1.165) is 33.4 Å². The summed E-state index contributed by atoms with van der Waals surface area (Å²) in [5.41, 5.74) is 5.53. The molecule has 0 aliphatic rings. The van der Waals surface area contributed by atoms with Crippen molar-refractivity contribution in [1.82, 2.24) is 10.1 Å². The lowest BCUT2D eigenvalue weighted by atomic mass is 10.1. The van der Waals surface area contributed by atoms with Crippen LogP contribution in [0.2, 0.25) is 0 Å². The smallest absolute Gasteiger partial charge is 0.258 e. The highest BCUT2D eigenvalue weighted by atomic mass is 16.5. The van der Waals surface area contributed by atoms with Crippen LogP contribution in [0.3, 0.4) is 0 Å². The van der Waals surface area contributed by atoms with Gasteiger partial charge in [-0.3, -0.25) is 10.1 Å². The normalized spacial score (nSPS) is 11.0. The molecule has 2 heterocycles. The molecule has 5 nitrogen and oxygen atoms in total. The molecule has 0 radical (unpaired) electrons. The summed E-state index contributed by atoms with van der Waals surface area (Å²) in [4.78, 5) is 15.6. The molecule has 21 heavy (non-hydrogen) atoms. The molecule has 2 aromatic heterocycles. The average Bonchev–Trinajstić information content (AvgIpc) is 2.93. The van der Waals surface area contributed by atoms with Crippen LogP contribution in [-0.2, 0) is 0 Å². The second-order valence-electron chi connectivity index (χ2n) is 5.31. The number of nitrogens with zero attached hydrogens (tertiary/aromatic N) is 1. The maximum atomic E-state index is 12.3. The van der Waals surface area contributed by atoms with Crippen molar-refractivity contribution in [3.8, 4) is 0 Å². The Balaban J connectivity index is 1.94. The van der Waals surface area contributed by atoms with Crippen molar-refractivity contribution < 1.29 is 9.32 Å². The number of carbonyl (C=O) groups is 1. The van der Waals surface area contributed by atoms with Crippen molar-refractivity contribution in [1.29, 1.82) is 0 Å². The number of nitrogens with one attached hydrogen (secondary N) is 2. The number of hydrogen-bond donors (Lipinski definition) is 2. The van der Waals surface area contributed by atoms with Crippen LogP contribution in [0, 0.1) is 27.7 Å². The maximum absolute atomic E-state index is 12.3. The van der Waals surface area contributed by atoms with Gasteiger partial charge in [-0.05, 0) is 51.5 Å². The van der Waals surface area contributed by atoms with Crippen LogP contribution in [0.25, 0.3) is 10.9 Å². The molecule has 1 aromatic carbocycles. The Morgan fingerprint density at radius 3 is 2.62 bits per heavy atom. The van der Waals surface area contributed by atoms with Crippen LogP contribution in [0.4, 0.5) is 5.88 Å². The summed E-state index contributed by atoms with van der Waals surface area (Å²) in [5, 5.41) is 7.66. The third-order valence-corrected chi connectivity index (χ3v) is 3.95. The lowest BCUT2D eigenvalue weighted by Crippen LogP contribution is -2.12. The zero-order valence-electron chi connectivity index (χ0n) is 12.5. The summed E-state index contributed by atoms with van der Waals surface area (Å²) in [6, 6.07) is 5.61. The van der Waals surface area contributed by atoms with Gasteiger partial charge in [0, 0.05) is 27.7 Å². The van der Waals surface area contributed by atoms with Gasteiger partial charge in [0.2, 0.25) is 5.88 Å². The van der Waals surface area contributed by atoms with Gasteiger partial charge in [-0.15, -0.1) is 0 Å². The van der Waals surface area contributed by atoms with Gasteiger partial charge in [-0.2, -0.15) is 0 Å². The van der Waals surface area contributed by atoms with E-state index in [1.54, 1.807) is 6.07 Å². The number of fused-ring (bicyclic) bond motifs is 1. The van der Waals surface area contributed by atoms with E-state index in [0.29, 0.717) is 11.4 Å². The number of carbonyl (C=O) groups excluding carboxylic acids is 1. The Morgan fingerprint density at radius 2 is 1.95 bits per heavy atom. The van der Waals surface area contributed by atoms with Crippen molar-refractivity contribution in [2.75, 3.05) is 5.32 Å². The number of aromatic amines is 1. The highest BCUT2D eigenvalue weighted by Crippen LogP contribution is 2.23.